The van der Waals surface area contributed by atoms with Gasteiger partial charge >= 0.3 is 5.97 Å². The van der Waals surface area contributed by atoms with Crippen molar-refractivity contribution in [3.63, 3.8) is 0 Å². The molecule has 0 bridgehead atoms. The fraction of sp³-hybridized carbons (Fsp3) is 0.560. The number of piperidine rings is 1. The summed E-state index contributed by atoms with van der Waals surface area (Å²) in [5, 5.41) is 3.85. The molecule has 2 amide bonds. The summed E-state index contributed by atoms with van der Waals surface area (Å²) in [6, 6.07) is 5.15. The highest BCUT2D eigenvalue weighted by atomic mass is 35.5. The van der Waals surface area contributed by atoms with Crippen molar-refractivity contribution in [2.24, 2.45) is 11.3 Å². The van der Waals surface area contributed by atoms with Gasteiger partial charge in [0, 0.05) is 34.6 Å². The van der Waals surface area contributed by atoms with Gasteiger partial charge in [0.25, 0.3) is 0 Å². The van der Waals surface area contributed by atoms with Crippen molar-refractivity contribution in [3.8, 4) is 0 Å². The third kappa shape index (κ3) is 5.72. The molecule has 1 aliphatic heterocycles. The SMILES string of the molecule is CCCCNC(=O)C[C@@H]1C[C@@]2(C(=O)OC)CCCCC=C2N(Cc2ccc(Cl)cc2Cl)C1=O. The van der Waals surface area contributed by atoms with E-state index in [4.69, 9.17) is 27.9 Å². The number of nitrogens with one attached hydrogen (secondary N) is 1. The van der Waals surface area contributed by atoms with Gasteiger partial charge in [-0.2, -0.15) is 0 Å². The Labute approximate surface area is 205 Å². The van der Waals surface area contributed by atoms with Crippen molar-refractivity contribution in [2.45, 2.75) is 64.8 Å². The third-order valence-corrected chi connectivity index (χ3v) is 7.18. The van der Waals surface area contributed by atoms with Crippen LogP contribution in [0.15, 0.2) is 30.0 Å². The number of methoxy groups -OCH3 is 1. The average molecular weight is 495 g/mol. The molecule has 0 spiro atoms. The number of rotatable bonds is 8. The van der Waals surface area contributed by atoms with Crippen LogP contribution in [0.1, 0.15) is 63.9 Å². The lowest BCUT2D eigenvalue weighted by Crippen LogP contribution is -2.53. The van der Waals surface area contributed by atoms with Crippen molar-refractivity contribution in [1.29, 1.82) is 0 Å². The van der Waals surface area contributed by atoms with Crippen molar-refractivity contribution >= 4 is 41.0 Å². The van der Waals surface area contributed by atoms with E-state index in [-0.39, 0.29) is 37.2 Å². The van der Waals surface area contributed by atoms with Gasteiger partial charge in [0.2, 0.25) is 11.8 Å². The molecule has 1 N–H and O–H groups in total. The number of benzene rings is 1. The normalized spacial score (nSPS) is 22.8. The van der Waals surface area contributed by atoms with Crippen LogP contribution in [0, 0.1) is 11.3 Å². The van der Waals surface area contributed by atoms with Crippen LogP contribution in [-0.4, -0.2) is 36.3 Å². The Kier molecular flexibility index (Phi) is 8.82. The fourth-order valence-electron chi connectivity index (χ4n) is 4.88. The summed E-state index contributed by atoms with van der Waals surface area (Å²) in [6.45, 7) is 2.83. The topological polar surface area (TPSA) is 75.7 Å². The van der Waals surface area contributed by atoms with Crippen LogP contribution in [0.5, 0.6) is 0 Å². The number of halogens is 2. The molecule has 1 aromatic carbocycles. The Morgan fingerprint density at radius 3 is 2.76 bits per heavy atom. The Bertz CT molecular complexity index is 933. The number of hydrogen-bond donors (Lipinski definition) is 1. The number of carbonyl (C=O) groups excluding carboxylic acids is 3. The number of hydrogen-bond acceptors (Lipinski definition) is 4. The lowest BCUT2D eigenvalue weighted by atomic mass is 9.69. The van der Waals surface area contributed by atoms with E-state index in [1.54, 1.807) is 23.1 Å². The predicted molar refractivity (Wildman–Crippen MR) is 129 cm³/mol. The number of allylic oxidation sites excluding steroid dienone is 1. The van der Waals surface area contributed by atoms with E-state index in [1.807, 2.05) is 6.08 Å². The maximum atomic E-state index is 13.7. The van der Waals surface area contributed by atoms with Crippen LogP contribution in [0.25, 0.3) is 0 Å². The maximum absolute atomic E-state index is 13.7. The van der Waals surface area contributed by atoms with Crippen LogP contribution < -0.4 is 5.32 Å². The minimum absolute atomic E-state index is 0.0411. The van der Waals surface area contributed by atoms with Gasteiger partial charge in [-0.15, -0.1) is 0 Å². The summed E-state index contributed by atoms with van der Waals surface area (Å²) < 4.78 is 5.25. The molecule has 2 atom stereocenters. The predicted octanol–water partition coefficient (Wildman–Crippen LogP) is 5.27. The first-order chi connectivity index (χ1) is 15.8. The van der Waals surface area contributed by atoms with Gasteiger partial charge < -0.3 is 15.0 Å². The number of likely N-dealkylation sites (tertiary alicyclic amines) is 1. The molecule has 0 unspecified atom stereocenters. The molecule has 0 aromatic heterocycles. The summed E-state index contributed by atoms with van der Waals surface area (Å²) in [5.74, 6) is -1.31. The van der Waals surface area contributed by atoms with Crippen LogP contribution >= 0.6 is 23.2 Å². The van der Waals surface area contributed by atoms with E-state index in [2.05, 4.69) is 12.2 Å². The Morgan fingerprint density at radius 2 is 2.06 bits per heavy atom. The second kappa shape index (κ2) is 11.4. The molecule has 33 heavy (non-hydrogen) atoms. The lowest BCUT2D eigenvalue weighted by Gasteiger charge is -2.46. The van der Waals surface area contributed by atoms with Crippen LogP contribution in [0.4, 0.5) is 0 Å². The second-order valence-electron chi connectivity index (χ2n) is 8.88. The molecule has 180 valence electrons. The van der Waals surface area contributed by atoms with E-state index in [0.29, 0.717) is 28.7 Å². The average Bonchev–Trinajstić information content (AvgIpc) is 3.00. The van der Waals surface area contributed by atoms with Gasteiger partial charge in [-0.3, -0.25) is 14.4 Å². The highest BCUT2D eigenvalue weighted by Gasteiger charge is 2.53. The zero-order chi connectivity index (χ0) is 24.0. The highest BCUT2D eigenvalue weighted by molar-refractivity contribution is 6.35. The van der Waals surface area contributed by atoms with Gasteiger partial charge in [0.1, 0.15) is 5.41 Å². The third-order valence-electron chi connectivity index (χ3n) is 6.59. The van der Waals surface area contributed by atoms with E-state index in [1.165, 1.54) is 7.11 Å². The van der Waals surface area contributed by atoms with Gasteiger partial charge in [0.05, 0.1) is 13.7 Å². The number of unbranched alkanes of at least 4 members (excludes halogenated alkanes) is 1. The van der Waals surface area contributed by atoms with E-state index in [9.17, 15) is 14.4 Å². The monoisotopic (exact) mass is 494 g/mol. The fourth-order valence-corrected chi connectivity index (χ4v) is 5.35. The van der Waals surface area contributed by atoms with Gasteiger partial charge in [-0.1, -0.05) is 55.1 Å². The van der Waals surface area contributed by atoms with Crippen molar-refractivity contribution in [2.75, 3.05) is 13.7 Å². The molecular weight excluding hydrogens is 463 g/mol. The molecule has 1 heterocycles. The highest BCUT2D eigenvalue weighted by Crippen LogP contribution is 2.50. The first-order valence-corrected chi connectivity index (χ1v) is 12.4. The van der Waals surface area contributed by atoms with Crippen LogP contribution in [0.3, 0.4) is 0 Å². The largest absolute Gasteiger partial charge is 0.468 e. The molecular formula is C25H32Cl2N2O4. The minimum Gasteiger partial charge on any atom is -0.468 e. The zero-order valence-corrected chi connectivity index (χ0v) is 20.8. The van der Waals surface area contributed by atoms with Gasteiger partial charge in [0.15, 0.2) is 0 Å². The molecule has 8 heteroatoms. The number of nitrogens with zero attached hydrogens (tertiary/aromatic N) is 1. The van der Waals surface area contributed by atoms with Crippen molar-refractivity contribution in [1.82, 2.24) is 10.2 Å². The van der Waals surface area contributed by atoms with Crippen molar-refractivity contribution < 1.29 is 19.1 Å². The molecule has 0 radical (unpaired) electrons. The van der Waals surface area contributed by atoms with E-state index >= 15 is 0 Å². The zero-order valence-electron chi connectivity index (χ0n) is 19.3. The van der Waals surface area contributed by atoms with Crippen LogP contribution in [-0.2, 0) is 25.7 Å². The first kappa shape index (κ1) is 25.6. The lowest BCUT2D eigenvalue weighted by molar-refractivity contribution is -0.160. The Balaban J connectivity index is 1.98. The van der Waals surface area contributed by atoms with Gasteiger partial charge in [-0.25, -0.2) is 0 Å². The summed E-state index contributed by atoms with van der Waals surface area (Å²) in [5.41, 5.74) is 0.448. The summed E-state index contributed by atoms with van der Waals surface area (Å²) in [7, 11) is 1.38. The molecule has 2 aliphatic rings. The second-order valence-corrected chi connectivity index (χ2v) is 9.72. The summed E-state index contributed by atoms with van der Waals surface area (Å²) >= 11 is 12.5. The molecule has 6 nitrogen and oxygen atoms in total. The number of fused-ring (bicyclic) bond motifs is 1. The molecule has 1 fully saturated rings. The molecule has 1 aromatic rings. The van der Waals surface area contributed by atoms with Gasteiger partial charge in [-0.05, 0) is 49.8 Å². The number of amides is 2. The minimum atomic E-state index is -0.952. The smallest absolute Gasteiger partial charge is 0.317 e. The number of esters is 1. The van der Waals surface area contributed by atoms with E-state index in [0.717, 1.165) is 37.7 Å². The molecule has 1 saturated heterocycles. The Morgan fingerprint density at radius 1 is 1.27 bits per heavy atom. The summed E-state index contributed by atoms with van der Waals surface area (Å²) in [6.07, 6.45) is 7.27. The number of ether oxygens (including phenoxy) is 1. The maximum Gasteiger partial charge on any atom is 0.317 e. The van der Waals surface area contributed by atoms with Crippen LogP contribution in [0.2, 0.25) is 10.0 Å². The summed E-state index contributed by atoms with van der Waals surface area (Å²) in [4.78, 5) is 41.1. The quantitative estimate of drug-likeness (QED) is 0.394. The Hall–Kier alpha value is -2.05. The van der Waals surface area contributed by atoms with Crippen molar-refractivity contribution in [3.05, 3.63) is 45.6 Å². The molecule has 1 aliphatic carbocycles. The first-order valence-electron chi connectivity index (χ1n) is 11.6. The standard InChI is InChI=1S/C25H32Cl2N2O4/c1-3-4-12-28-22(30)13-18-15-25(24(32)33-2)11-7-5-6-8-21(25)29(23(18)31)16-17-9-10-19(26)14-20(17)27/h8-10,14,18H,3-7,11-13,15-16H2,1-2H3,(H,28,30)/t18-,25+/m1/s1. The molecule has 3 rings (SSSR count). The molecule has 0 saturated carbocycles. The number of carbonyl (C=O) groups is 3. The van der Waals surface area contributed by atoms with E-state index < -0.39 is 11.3 Å².